The van der Waals surface area contributed by atoms with E-state index in [1.54, 1.807) is 12.1 Å². The maximum atomic E-state index is 11.6. The summed E-state index contributed by atoms with van der Waals surface area (Å²) in [6, 6.07) is 9.02. The van der Waals surface area contributed by atoms with Gasteiger partial charge in [0.15, 0.2) is 0 Å². The smallest absolute Gasteiger partial charge is 0.251 e. The molecule has 0 aliphatic carbocycles. The number of halogens is 1. The summed E-state index contributed by atoms with van der Waals surface area (Å²) in [6.07, 6.45) is 1.92. The van der Waals surface area contributed by atoms with Crippen molar-refractivity contribution < 1.29 is 9.59 Å². The van der Waals surface area contributed by atoms with Crippen LogP contribution in [0, 0.1) is 0 Å². The van der Waals surface area contributed by atoms with Crippen molar-refractivity contribution in [3.63, 3.8) is 0 Å². The molecule has 0 atom stereocenters. The molecule has 0 spiro atoms. The van der Waals surface area contributed by atoms with Crippen molar-refractivity contribution in [2.24, 2.45) is 0 Å². The number of carbonyl (C=O) groups is 2. The summed E-state index contributed by atoms with van der Waals surface area (Å²) in [5, 5.41) is 5.41. The molecule has 0 aliphatic rings. The monoisotopic (exact) mass is 268 g/mol. The van der Waals surface area contributed by atoms with Gasteiger partial charge in [-0.25, -0.2) is 0 Å². The lowest BCUT2D eigenvalue weighted by Gasteiger charge is -2.05. The maximum Gasteiger partial charge on any atom is 0.251 e. The van der Waals surface area contributed by atoms with E-state index in [9.17, 15) is 9.59 Å². The predicted octanol–water partition coefficient (Wildman–Crippen LogP) is 1.53. The quantitative estimate of drug-likeness (QED) is 0.607. The second kappa shape index (κ2) is 9.24. The number of benzene rings is 1. The Balaban J connectivity index is 0.00000289. The molecule has 0 saturated heterocycles. The standard InChI is InChI=1S/C13H16N2O2.ClH/c1-2-12(16)14-9-6-10-15-13(17)11-7-4-3-5-8-11;/h2-5,7-8H,1,6,9-10H2,(H,14,16)(H,15,17);1H. The molecule has 0 saturated carbocycles. The van der Waals surface area contributed by atoms with Crippen molar-refractivity contribution in [1.29, 1.82) is 0 Å². The van der Waals surface area contributed by atoms with Crippen LogP contribution in [0.25, 0.3) is 0 Å². The van der Waals surface area contributed by atoms with E-state index in [-0.39, 0.29) is 24.2 Å². The summed E-state index contributed by atoms with van der Waals surface area (Å²) in [4.78, 5) is 22.4. The van der Waals surface area contributed by atoms with Crippen molar-refractivity contribution in [1.82, 2.24) is 10.6 Å². The zero-order valence-corrected chi connectivity index (χ0v) is 10.8. The Morgan fingerprint density at radius 3 is 2.33 bits per heavy atom. The average molecular weight is 269 g/mol. The van der Waals surface area contributed by atoms with Crippen LogP contribution in [0.5, 0.6) is 0 Å². The van der Waals surface area contributed by atoms with Gasteiger partial charge in [0.2, 0.25) is 5.91 Å². The molecule has 0 aliphatic heterocycles. The first-order chi connectivity index (χ1) is 8.24. The Hall–Kier alpha value is -1.81. The van der Waals surface area contributed by atoms with Crippen LogP contribution in [0.15, 0.2) is 43.0 Å². The first-order valence-corrected chi connectivity index (χ1v) is 5.47. The number of hydrogen-bond acceptors (Lipinski definition) is 2. The fourth-order valence-corrected chi connectivity index (χ4v) is 1.27. The van der Waals surface area contributed by atoms with E-state index in [1.807, 2.05) is 18.2 Å². The largest absolute Gasteiger partial charge is 0.353 e. The minimum absolute atomic E-state index is 0. The third kappa shape index (κ3) is 6.06. The lowest BCUT2D eigenvalue weighted by molar-refractivity contribution is -0.116. The van der Waals surface area contributed by atoms with E-state index in [0.29, 0.717) is 25.1 Å². The number of amides is 2. The van der Waals surface area contributed by atoms with E-state index in [2.05, 4.69) is 17.2 Å². The minimum atomic E-state index is -0.195. The van der Waals surface area contributed by atoms with Crippen molar-refractivity contribution in [3.05, 3.63) is 48.6 Å². The van der Waals surface area contributed by atoms with Crippen LogP contribution in [-0.4, -0.2) is 24.9 Å². The Morgan fingerprint density at radius 2 is 1.72 bits per heavy atom. The Kier molecular flexibility index (Phi) is 8.31. The highest BCUT2D eigenvalue weighted by Crippen LogP contribution is 1.97. The molecule has 1 aromatic rings. The van der Waals surface area contributed by atoms with E-state index < -0.39 is 0 Å². The second-order valence-corrected chi connectivity index (χ2v) is 3.47. The van der Waals surface area contributed by atoms with E-state index in [4.69, 9.17) is 0 Å². The topological polar surface area (TPSA) is 58.2 Å². The van der Waals surface area contributed by atoms with Gasteiger partial charge in [0.25, 0.3) is 5.91 Å². The van der Waals surface area contributed by atoms with Crippen molar-refractivity contribution >= 4 is 24.2 Å². The fraction of sp³-hybridized carbons (Fsp3) is 0.231. The van der Waals surface area contributed by atoms with Crippen LogP contribution in [0.3, 0.4) is 0 Å². The summed E-state index contributed by atoms with van der Waals surface area (Å²) in [6.45, 7) is 4.41. The summed E-state index contributed by atoms with van der Waals surface area (Å²) >= 11 is 0. The van der Waals surface area contributed by atoms with Crippen LogP contribution in [0.1, 0.15) is 16.8 Å². The number of rotatable bonds is 6. The third-order valence-corrected chi connectivity index (χ3v) is 2.16. The molecule has 5 heteroatoms. The molecule has 2 amide bonds. The van der Waals surface area contributed by atoms with Crippen LogP contribution < -0.4 is 10.6 Å². The lowest BCUT2D eigenvalue weighted by atomic mass is 10.2. The van der Waals surface area contributed by atoms with Gasteiger partial charge in [-0.15, -0.1) is 12.4 Å². The van der Waals surface area contributed by atoms with Crippen molar-refractivity contribution in [3.8, 4) is 0 Å². The summed E-state index contributed by atoms with van der Waals surface area (Å²) in [5.74, 6) is -0.292. The van der Waals surface area contributed by atoms with E-state index in [0.717, 1.165) is 0 Å². The normalized spacial score (nSPS) is 8.89. The highest BCUT2D eigenvalue weighted by Gasteiger charge is 2.02. The Labute approximate surface area is 113 Å². The Morgan fingerprint density at radius 1 is 1.11 bits per heavy atom. The van der Waals surface area contributed by atoms with Gasteiger partial charge >= 0.3 is 0 Å². The summed E-state index contributed by atoms with van der Waals surface area (Å²) < 4.78 is 0. The minimum Gasteiger partial charge on any atom is -0.353 e. The lowest BCUT2D eigenvalue weighted by Crippen LogP contribution is -2.29. The molecule has 0 unspecified atom stereocenters. The van der Waals surface area contributed by atoms with Crippen LogP contribution in [0.4, 0.5) is 0 Å². The summed E-state index contributed by atoms with van der Waals surface area (Å²) in [7, 11) is 0. The van der Waals surface area contributed by atoms with Crippen molar-refractivity contribution in [2.45, 2.75) is 6.42 Å². The molecule has 0 bridgehead atoms. The van der Waals surface area contributed by atoms with Crippen LogP contribution in [0.2, 0.25) is 0 Å². The van der Waals surface area contributed by atoms with E-state index in [1.165, 1.54) is 6.08 Å². The first kappa shape index (κ1) is 16.2. The average Bonchev–Trinajstić information content (AvgIpc) is 2.38. The van der Waals surface area contributed by atoms with Crippen LogP contribution >= 0.6 is 12.4 Å². The van der Waals surface area contributed by atoms with Gasteiger partial charge in [-0.3, -0.25) is 9.59 Å². The van der Waals surface area contributed by atoms with Gasteiger partial charge < -0.3 is 10.6 Å². The second-order valence-electron chi connectivity index (χ2n) is 3.47. The molecule has 1 rings (SSSR count). The fourth-order valence-electron chi connectivity index (χ4n) is 1.27. The van der Waals surface area contributed by atoms with Crippen molar-refractivity contribution in [2.75, 3.05) is 13.1 Å². The molecule has 1 aromatic carbocycles. The van der Waals surface area contributed by atoms with E-state index >= 15 is 0 Å². The zero-order valence-electron chi connectivity index (χ0n) is 10.0. The molecular weight excluding hydrogens is 252 g/mol. The molecule has 18 heavy (non-hydrogen) atoms. The maximum absolute atomic E-state index is 11.6. The third-order valence-electron chi connectivity index (χ3n) is 2.16. The molecule has 0 aromatic heterocycles. The molecular formula is C13H17ClN2O2. The molecule has 98 valence electrons. The molecule has 0 fully saturated rings. The van der Waals surface area contributed by atoms with Crippen LogP contribution in [-0.2, 0) is 4.79 Å². The highest BCUT2D eigenvalue weighted by atomic mass is 35.5. The van der Waals surface area contributed by atoms with Gasteiger partial charge in [-0.05, 0) is 24.6 Å². The SMILES string of the molecule is C=CC(=O)NCCCNC(=O)c1ccccc1.Cl. The van der Waals surface area contributed by atoms with Gasteiger partial charge in [0.05, 0.1) is 0 Å². The highest BCUT2D eigenvalue weighted by molar-refractivity contribution is 5.94. The molecule has 4 nitrogen and oxygen atoms in total. The van der Waals surface area contributed by atoms with Gasteiger partial charge in [0.1, 0.15) is 0 Å². The summed E-state index contributed by atoms with van der Waals surface area (Å²) in [5.41, 5.74) is 0.641. The number of hydrogen-bond donors (Lipinski definition) is 2. The Bertz CT molecular complexity index is 393. The molecule has 0 heterocycles. The van der Waals surface area contributed by atoms with Gasteiger partial charge in [-0.1, -0.05) is 24.8 Å². The molecule has 2 N–H and O–H groups in total. The van der Waals surface area contributed by atoms with Gasteiger partial charge in [0, 0.05) is 18.7 Å². The molecule has 0 radical (unpaired) electrons. The number of carbonyl (C=O) groups excluding carboxylic acids is 2. The van der Waals surface area contributed by atoms with Gasteiger partial charge in [-0.2, -0.15) is 0 Å². The predicted molar refractivity (Wildman–Crippen MR) is 73.8 cm³/mol. The number of nitrogens with one attached hydrogen (secondary N) is 2. The zero-order chi connectivity index (χ0) is 12.5. The first-order valence-electron chi connectivity index (χ1n) is 5.47.